The molecule has 0 fully saturated rings. The maximum atomic E-state index is 11.6. The van der Waals surface area contributed by atoms with Crippen LogP contribution in [0.2, 0.25) is 0 Å². The lowest BCUT2D eigenvalue weighted by Gasteiger charge is -2.21. The molecule has 2 N–H and O–H groups in total. The second-order valence-electron chi connectivity index (χ2n) is 5.87. The third-order valence-corrected chi connectivity index (χ3v) is 2.66. The molecular weight excluding hydrogens is 306 g/mol. The molecule has 0 spiro atoms. The summed E-state index contributed by atoms with van der Waals surface area (Å²) in [6.07, 6.45) is -1.34. The van der Waals surface area contributed by atoms with Crippen LogP contribution in [0.15, 0.2) is 12.7 Å². The maximum absolute atomic E-state index is 11.6. The number of rotatable bonds is 8. The molecule has 0 aromatic heterocycles. The predicted octanol–water partition coefficient (Wildman–Crippen LogP) is 1.64. The number of nitrogens with one attached hydrogen (secondary N) is 1. The topological polar surface area (TPSA) is 119 Å². The quantitative estimate of drug-likeness (QED) is 0.394. The Morgan fingerprint density at radius 3 is 2.22 bits per heavy atom. The van der Waals surface area contributed by atoms with Crippen LogP contribution in [0.1, 0.15) is 40.5 Å². The maximum Gasteiger partial charge on any atom is 0.410 e. The van der Waals surface area contributed by atoms with E-state index in [0.717, 1.165) is 6.08 Å². The van der Waals surface area contributed by atoms with Crippen molar-refractivity contribution in [2.24, 2.45) is 5.41 Å². The SMILES string of the molecule is C=CC(=O)CCC(NC(=O)OC(C)OC(=O)C(C)(C)C)C(=O)O. The fourth-order valence-corrected chi connectivity index (χ4v) is 1.32. The summed E-state index contributed by atoms with van der Waals surface area (Å²) in [5.74, 6) is -2.21. The molecule has 0 radical (unpaired) electrons. The number of esters is 1. The molecule has 8 heteroatoms. The fraction of sp³-hybridized carbons (Fsp3) is 0.600. The van der Waals surface area contributed by atoms with E-state index >= 15 is 0 Å². The van der Waals surface area contributed by atoms with Crippen molar-refractivity contribution in [3.8, 4) is 0 Å². The summed E-state index contributed by atoms with van der Waals surface area (Å²) in [7, 11) is 0. The van der Waals surface area contributed by atoms with E-state index in [1.807, 2.05) is 0 Å². The Labute approximate surface area is 134 Å². The highest BCUT2D eigenvalue weighted by Crippen LogP contribution is 2.16. The largest absolute Gasteiger partial charge is 0.480 e. The Morgan fingerprint density at radius 1 is 1.22 bits per heavy atom. The summed E-state index contributed by atoms with van der Waals surface area (Å²) in [5, 5.41) is 11.1. The first-order chi connectivity index (χ1) is 10.5. The molecule has 0 bridgehead atoms. The van der Waals surface area contributed by atoms with E-state index in [9.17, 15) is 19.2 Å². The highest BCUT2D eigenvalue weighted by atomic mass is 16.7. The van der Waals surface area contributed by atoms with E-state index in [1.54, 1.807) is 20.8 Å². The Hall–Kier alpha value is -2.38. The monoisotopic (exact) mass is 329 g/mol. The number of ether oxygens (including phenoxy) is 2. The average molecular weight is 329 g/mol. The van der Waals surface area contributed by atoms with E-state index in [4.69, 9.17) is 14.6 Å². The van der Waals surface area contributed by atoms with Crippen LogP contribution in [0.3, 0.4) is 0 Å². The van der Waals surface area contributed by atoms with Crippen molar-refractivity contribution in [3.63, 3.8) is 0 Å². The Kier molecular flexibility index (Phi) is 7.99. The molecule has 1 amide bonds. The zero-order valence-corrected chi connectivity index (χ0v) is 13.8. The van der Waals surface area contributed by atoms with Gasteiger partial charge in [-0.25, -0.2) is 9.59 Å². The van der Waals surface area contributed by atoms with Gasteiger partial charge in [0, 0.05) is 13.3 Å². The summed E-state index contributed by atoms with van der Waals surface area (Å²) in [6, 6.07) is -1.29. The van der Waals surface area contributed by atoms with E-state index in [0.29, 0.717) is 0 Å². The van der Waals surface area contributed by atoms with Gasteiger partial charge in [0.05, 0.1) is 5.41 Å². The Bertz CT molecular complexity index is 479. The van der Waals surface area contributed by atoms with Crippen LogP contribution in [-0.2, 0) is 23.9 Å². The summed E-state index contributed by atoms with van der Waals surface area (Å²) in [5.41, 5.74) is -0.761. The zero-order chi connectivity index (χ0) is 18.2. The van der Waals surface area contributed by atoms with Crippen LogP contribution in [0.5, 0.6) is 0 Å². The first-order valence-electron chi connectivity index (χ1n) is 7.03. The minimum Gasteiger partial charge on any atom is -0.480 e. The lowest BCUT2D eigenvalue weighted by molar-refractivity contribution is -0.174. The van der Waals surface area contributed by atoms with Crippen molar-refractivity contribution in [2.75, 3.05) is 0 Å². The molecule has 0 aromatic carbocycles. The standard InChI is InChI=1S/C15H23NO7/c1-6-10(17)7-8-11(12(18)19)16-14(21)23-9(2)22-13(20)15(3,4)5/h6,9,11H,1,7-8H2,2-5H3,(H,16,21)(H,18,19). The van der Waals surface area contributed by atoms with E-state index < -0.39 is 35.8 Å². The molecule has 0 aromatic rings. The third kappa shape index (κ3) is 8.60. The molecule has 8 nitrogen and oxygen atoms in total. The summed E-state index contributed by atoms with van der Waals surface area (Å²) in [4.78, 5) is 45.4. The van der Waals surface area contributed by atoms with E-state index in [2.05, 4.69) is 11.9 Å². The van der Waals surface area contributed by atoms with Gasteiger partial charge in [0.25, 0.3) is 0 Å². The summed E-state index contributed by atoms with van der Waals surface area (Å²) in [6.45, 7) is 9.52. The second-order valence-corrected chi connectivity index (χ2v) is 5.87. The first-order valence-corrected chi connectivity index (χ1v) is 7.03. The second kappa shape index (κ2) is 8.92. The zero-order valence-electron chi connectivity index (χ0n) is 13.8. The number of hydrogen-bond donors (Lipinski definition) is 2. The van der Waals surface area contributed by atoms with Crippen LogP contribution in [0.25, 0.3) is 0 Å². The molecule has 0 aliphatic carbocycles. The van der Waals surface area contributed by atoms with Gasteiger partial charge >= 0.3 is 18.0 Å². The van der Waals surface area contributed by atoms with Crippen LogP contribution >= 0.6 is 0 Å². The van der Waals surface area contributed by atoms with Crippen LogP contribution in [-0.4, -0.2) is 41.3 Å². The lowest BCUT2D eigenvalue weighted by atomic mass is 9.97. The van der Waals surface area contributed by atoms with Gasteiger partial charge < -0.3 is 19.9 Å². The number of allylic oxidation sites excluding steroid dienone is 1. The summed E-state index contributed by atoms with van der Waals surface area (Å²) >= 11 is 0. The molecule has 0 aliphatic heterocycles. The number of carboxylic acid groups (broad SMARTS) is 1. The van der Waals surface area contributed by atoms with Crippen molar-refractivity contribution < 1.29 is 33.8 Å². The van der Waals surface area contributed by atoms with Crippen molar-refractivity contribution in [2.45, 2.75) is 52.9 Å². The third-order valence-electron chi connectivity index (χ3n) is 2.66. The fourth-order valence-electron chi connectivity index (χ4n) is 1.32. The number of ketones is 1. The molecule has 0 saturated carbocycles. The predicted molar refractivity (Wildman–Crippen MR) is 80.5 cm³/mol. The highest BCUT2D eigenvalue weighted by Gasteiger charge is 2.27. The molecule has 2 unspecified atom stereocenters. The molecule has 0 rings (SSSR count). The van der Waals surface area contributed by atoms with Gasteiger partial charge in [-0.15, -0.1) is 0 Å². The molecule has 23 heavy (non-hydrogen) atoms. The van der Waals surface area contributed by atoms with Crippen molar-refractivity contribution in [1.29, 1.82) is 0 Å². The van der Waals surface area contributed by atoms with Crippen molar-refractivity contribution in [1.82, 2.24) is 5.32 Å². The van der Waals surface area contributed by atoms with Gasteiger partial charge in [0.1, 0.15) is 6.04 Å². The molecule has 2 atom stereocenters. The smallest absolute Gasteiger partial charge is 0.410 e. The number of carbonyl (C=O) groups is 4. The minimum atomic E-state index is -1.31. The van der Waals surface area contributed by atoms with Gasteiger partial charge in [0.15, 0.2) is 5.78 Å². The van der Waals surface area contributed by atoms with Crippen LogP contribution in [0, 0.1) is 5.41 Å². The molecule has 0 heterocycles. The van der Waals surface area contributed by atoms with Crippen LogP contribution < -0.4 is 5.32 Å². The van der Waals surface area contributed by atoms with Gasteiger partial charge in [-0.1, -0.05) is 6.58 Å². The molecule has 0 saturated heterocycles. The number of aliphatic carboxylic acids is 1. The summed E-state index contributed by atoms with van der Waals surface area (Å²) < 4.78 is 9.67. The number of alkyl carbamates (subject to hydrolysis) is 1. The van der Waals surface area contributed by atoms with Crippen molar-refractivity contribution in [3.05, 3.63) is 12.7 Å². The Morgan fingerprint density at radius 2 is 1.78 bits per heavy atom. The normalized spacial score (nSPS) is 13.4. The number of carbonyl (C=O) groups excluding carboxylic acids is 3. The van der Waals surface area contributed by atoms with Gasteiger partial charge in [0.2, 0.25) is 6.29 Å². The van der Waals surface area contributed by atoms with Gasteiger partial charge in [-0.05, 0) is 33.3 Å². The van der Waals surface area contributed by atoms with E-state index in [-0.39, 0.29) is 18.6 Å². The van der Waals surface area contributed by atoms with Crippen LogP contribution in [0.4, 0.5) is 4.79 Å². The average Bonchev–Trinajstić information content (AvgIpc) is 2.41. The lowest BCUT2D eigenvalue weighted by Crippen LogP contribution is -2.43. The Balaban J connectivity index is 4.47. The molecular formula is C15H23NO7. The number of hydrogen-bond acceptors (Lipinski definition) is 6. The molecule has 0 aliphatic rings. The van der Waals surface area contributed by atoms with Gasteiger partial charge in [-0.2, -0.15) is 0 Å². The number of amides is 1. The number of carboxylic acids is 1. The first kappa shape index (κ1) is 20.6. The van der Waals surface area contributed by atoms with Crippen molar-refractivity contribution >= 4 is 23.8 Å². The van der Waals surface area contributed by atoms with Gasteiger partial charge in [-0.3, -0.25) is 9.59 Å². The minimum absolute atomic E-state index is 0.0741. The molecule has 130 valence electrons. The van der Waals surface area contributed by atoms with E-state index in [1.165, 1.54) is 6.92 Å². The highest BCUT2D eigenvalue weighted by molar-refractivity contribution is 5.89.